The predicted molar refractivity (Wildman–Crippen MR) is 263 cm³/mol. The Kier molecular flexibility index (Phi) is 41.2. The van der Waals surface area contributed by atoms with E-state index in [9.17, 15) is 39.8 Å². The van der Waals surface area contributed by atoms with Gasteiger partial charge in [0.05, 0.1) is 13.2 Å². The highest BCUT2D eigenvalue weighted by molar-refractivity contribution is 7.47. The van der Waals surface area contributed by atoms with Gasteiger partial charge in [0.1, 0.15) is 42.7 Å². The number of carbonyl (C=O) groups excluding carboxylic acids is 1. The van der Waals surface area contributed by atoms with Gasteiger partial charge in [-0.3, -0.25) is 13.8 Å². The lowest BCUT2D eigenvalue weighted by atomic mass is 9.85. The average molecular weight is 949 g/mol. The molecule has 0 aliphatic heterocycles. The first kappa shape index (κ1) is 62.1. The molecule has 386 valence electrons. The number of allylic oxidation sites excluding steroid dienone is 2. The van der Waals surface area contributed by atoms with Gasteiger partial charge in [-0.1, -0.05) is 219 Å². The lowest BCUT2D eigenvalue weighted by molar-refractivity contribution is -0.220. The zero-order valence-electron chi connectivity index (χ0n) is 41.6. The van der Waals surface area contributed by atoms with Crippen LogP contribution in [0.25, 0.3) is 0 Å². The van der Waals surface area contributed by atoms with Crippen molar-refractivity contribution in [3.63, 3.8) is 0 Å². The Bertz CT molecular complexity index is 1130. The second-order valence-corrected chi connectivity index (χ2v) is 20.5. The second-order valence-electron chi connectivity index (χ2n) is 19.1. The number of phosphoric acid groups is 1. The highest BCUT2D eigenvalue weighted by atomic mass is 31.2. The summed E-state index contributed by atoms with van der Waals surface area (Å²) in [6, 6.07) is 0. The number of esters is 1. The third-order valence-electron chi connectivity index (χ3n) is 12.9. The number of aliphatic hydroxyl groups is 5. The molecule has 1 aliphatic rings. The van der Waals surface area contributed by atoms with Gasteiger partial charge in [0.25, 0.3) is 0 Å². The van der Waals surface area contributed by atoms with Crippen LogP contribution in [0.3, 0.4) is 0 Å². The topological polar surface area (TPSA) is 192 Å². The molecule has 6 atom stereocenters. The molecule has 65 heavy (non-hydrogen) atoms. The molecule has 13 heteroatoms. The van der Waals surface area contributed by atoms with Crippen molar-refractivity contribution >= 4 is 13.8 Å². The summed E-state index contributed by atoms with van der Waals surface area (Å²) in [5, 5.41) is 50.3. The molecule has 6 unspecified atom stereocenters. The number of hydrogen-bond donors (Lipinski definition) is 6. The molecule has 1 saturated carbocycles. The highest BCUT2D eigenvalue weighted by Gasteiger charge is 2.51. The highest BCUT2D eigenvalue weighted by Crippen LogP contribution is 2.47. The Morgan fingerprint density at radius 3 is 1.22 bits per heavy atom. The molecule has 0 aromatic rings. The summed E-state index contributed by atoms with van der Waals surface area (Å²) in [6.45, 7) is 4.31. The van der Waals surface area contributed by atoms with Gasteiger partial charge in [-0.15, -0.1) is 0 Å². The van der Waals surface area contributed by atoms with Crippen LogP contribution in [-0.2, 0) is 27.9 Å². The Balaban J connectivity index is 2.30. The van der Waals surface area contributed by atoms with Gasteiger partial charge < -0.3 is 39.9 Å². The largest absolute Gasteiger partial charge is 0.472 e. The standard InChI is InChI=1S/C52H101O12P/c1-3-5-7-9-11-13-15-17-19-21-22-23-24-26-28-30-32-34-36-38-40-42-61-43-45(44-62-65(59,60)64-52-50(57)48(55)47(54)49(56)51(52)58)63-46(53)41-39-37-35-33-31-29-27-25-20-18-16-14-12-10-8-6-4-2/h18,20,45,47-52,54-58H,3-17,19,21-44H2,1-2H3,(H,59,60)/b20-18-. The van der Waals surface area contributed by atoms with Crippen LogP contribution in [0, 0.1) is 0 Å². The minimum Gasteiger partial charge on any atom is -0.457 e. The second kappa shape index (κ2) is 43.1. The summed E-state index contributed by atoms with van der Waals surface area (Å²) in [5.41, 5.74) is 0. The molecule has 0 aromatic heterocycles. The van der Waals surface area contributed by atoms with Crippen LogP contribution in [-0.4, -0.2) is 98.9 Å². The molecule has 0 heterocycles. The first-order valence-electron chi connectivity index (χ1n) is 27.0. The van der Waals surface area contributed by atoms with Crippen LogP contribution in [0.1, 0.15) is 251 Å². The number of rotatable bonds is 47. The maximum Gasteiger partial charge on any atom is 0.472 e. The van der Waals surface area contributed by atoms with E-state index in [1.165, 1.54) is 180 Å². The van der Waals surface area contributed by atoms with Crippen molar-refractivity contribution in [2.24, 2.45) is 0 Å². The van der Waals surface area contributed by atoms with Crippen LogP contribution in [0.4, 0.5) is 0 Å². The summed E-state index contributed by atoms with van der Waals surface area (Å²) in [6.07, 6.45) is 37.1. The Hall–Kier alpha value is -0.920. The maximum absolute atomic E-state index is 12.9. The fourth-order valence-electron chi connectivity index (χ4n) is 8.59. The van der Waals surface area contributed by atoms with Crippen LogP contribution in [0.5, 0.6) is 0 Å². The number of phosphoric ester groups is 1. The van der Waals surface area contributed by atoms with Crippen molar-refractivity contribution in [2.45, 2.75) is 294 Å². The van der Waals surface area contributed by atoms with Gasteiger partial charge >= 0.3 is 13.8 Å². The third kappa shape index (κ3) is 34.9. The zero-order chi connectivity index (χ0) is 47.6. The minimum atomic E-state index is -5.02. The molecule has 1 fully saturated rings. The molecule has 1 aliphatic carbocycles. The van der Waals surface area contributed by atoms with Gasteiger partial charge in [0, 0.05) is 13.0 Å². The lowest BCUT2D eigenvalue weighted by Crippen LogP contribution is -2.64. The molecule has 0 bridgehead atoms. The van der Waals surface area contributed by atoms with Gasteiger partial charge in [-0.2, -0.15) is 0 Å². The predicted octanol–water partition coefficient (Wildman–Crippen LogP) is 12.3. The quantitative estimate of drug-likeness (QED) is 0.0147. The molecule has 0 saturated heterocycles. The van der Waals surface area contributed by atoms with E-state index in [0.717, 1.165) is 44.9 Å². The van der Waals surface area contributed by atoms with Crippen molar-refractivity contribution in [2.75, 3.05) is 19.8 Å². The smallest absolute Gasteiger partial charge is 0.457 e. The third-order valence-corrected chi connectivity index (χ3v) is 13.9. The summed E-state index contributed by atoms with van der Waals surface area (Å²) in [5.74, 6) is -0.476. The minimum absolute atomic E-state index is 0.0720. The van der Waals surface area contributed by atoms with Gasteiger partial charge in [-0.05, 0) is 38.5 Å². The summed E-state index contributed by atoms with van der Waals surface area (Å²) >= 11 is 0. The molecule has 12 nitrogen and oxygen atoms in total. The lowest BCUT2D eigenvalue weighted by Gasteiger charge is -2.41. The fraction of sp³-hybridized carbons (Fsp3) is 0.942. The van der Waals surface area contributed by atoms with E-state index in [1.807, 2.05) is 0 Å². The van der Waals surface area contributed by atoms with Crippen LogP contribution >= 0.6 is 7.82 Å². The zero-order valence-corrected chi connectivity index (χ0v) is 42.5. The molecule has 6 N–H and O–H groups in total. The molecule has 0 spiro atoms. The molecule has 0 amide bonds. The van der Waals surface area contributed by atoms with E-state index in [0.29, 0.717) is 13.0 Å². The van der Waals surface area contributed by atoms with Crippen molar-refractivity contribution in [3.8, 4) is 0 Å². The van der Waals surface area contributed by atoms with E-state index in [2.05, 4.69) is 26.0 Å². The van der Waals surface area contributed by atoms with E-state index in [-0.39, 0.29) is 13.0 Å². The van der Waals surface area contributed by atoms with Crippen LogP contribution in [0.15, 0.2) is 12.2 Å². The number of hydrogen-bond acceptors (Lipinski definition) is 11. The molecular weight excluding hydrogens is 848 g/mol. The summed E-state index contributed by atoms with van der Waals surface area (Å²) in [7, 11) is -5.02. The van der Waals surface area contributed by atoms with Gasteiger partial charge in [0.2, 0.25) is 0 Å². The molecule has 0 radical (unpaired) electrons. The fourth-order valence-corrected chi connectivity index (χ4v) is 9.56. The van der Waals surface area contributed by atoms with Gasteiger partial charge in [0.15, 0.2) is 0 Å². The number of ether oxygens (including phenoxy) is 2. The number of unbranched alkanes of at least 4 members (excludes halogenated alkanes) is 33. The first-order valence-corrected chi connectivity index (χ1v) is 28.5. The Morgan fingerprint density at radius 2 is 0.815 bits per heavy atom. The van der Waals surface area contributed by atoms with Crippen molar-refractivity contribution in [1.29, 1.82) is 0 Å². The SMILES string of the molecule is CCCCCCCC/C=C\CCCCCCCCCC(=O)OC(COCCCCCCCCCCCCCCCCCCCCCCC)COP(=O)(O)OC1C(O)C(O)C(O)C(O)C1O. The first-order chi connectivity index (χ1) is 31.5. The van der Waals surface area contributed by atoms with Crippen molar-refractivity contribution in [3.05, 3.63) is 12.2 Å². The van der Waals surface area contributed by atoms with Crippen molar-refractivity contribution < 1.29 is 58.3 Å². The van der Waals surface area contributed by atoms with E-state index in [1.54, 1.807) is 0 Å². The number of aliphatic hydroxyl groups excluding tert-OH is 5. The van der Waals surface area contributed by atoms with Crippen LogP contribution < -0.4 is 0 Å². The molecule has 0 aromatic carbocycles. The van der Waals surface area contributed by atoms with E-state index in [4.69, 9.17) is 18.5 Å². The summed E-state index contributed by atoms with van der Waals surface area (Å²) < 4.78 is 34.3. The van der Waals surface area contributed by atoms with Crippen LogP contribution in [0.2, 0.25) is 0 Å². The summed E-state index contributed by atoms with van der Waals surface area (Å²) in [4.78, 5) is 23.3. The maximum atomic E-state index is 12.9. The normalized spacial score (nSPS) is 21.5. The number of carbonyl (C=O) groups is 1. The average Bonchev–Trinajstić information content (AvgIpc) is 3.29. The van der Waals surface area contributed by atoms with Crippen molar-refractivity contribution in [1.82, 2.24) is 0 Å². The van der Waals surface area contributed by atoms with Gasteiger partial charge in [-0.25, -0.2) is 4.57 Å². The molecule has 1 rings (SSSR count). The monoisotopic (exact) mass is 949 g/mol. The molecular formula is C52H101O12P. The Morgan fingerprint density at radius 1 is 0.477 bits per heavy atom. The van der Waals surface area contributed by atoms with E-state index >= 15 is 0 Å². The Labute approximate surface area is 397 Å². The van der Waals surface area contributed by atoms with E-state index < -0.39 is 63.1 Å².